The molecule has 2 aromatic rings. The summed E-state index contributed by atoms with van der Waals surface area (Å²) in [6.45, 7) is 3.72. The average molecular weight is 473 g/mol. The summed E-state index contributed by atoms with van der Waals surface area (Å²) in [6.07, 6.45) is 4.46. The van der Waals surface area contributed by atoms with Crippen LogP contribution in [0.1, 0.15) is 38.3 Å². The highest BCUT2D eigenvalue weighted by Crippen LogP contribution is 2.39. The molecule has 0 atom stereocenters. The number of carbonyl (C=O) groups is 2. The highest BCUT2D eigenvalue weighted by Gasteiger charge is 2.37. The molecule has 0 saturated heterocycles. The second-order valence-electron chi connectivity index (χ2n) is 7.17. The lowest BCUT2D eigenvalue weighted by molar-refractivity contribution is 0.0980. The first-order valence-electron chi connectivity index (χ1n) is 9.13. The molecule has 2 aliphatic rings. The van der Waals surface area contributed by atoms with Crippen molar-refractivity contribution in [3.05, 3.63) is 87.9 Å². The topological polar surface area (TPSA) is 161 Å². The van der Waals surface area contributed by atoms with E-state index < -0.39 is 59.1 Å². The molecule has 0 radical (unpaired) electrons. The van der Waals surface area contributed by atoms with Gasteiger partial charge in [-0.15, -0.1) is 0 Å². The van der Waals surface area contributed by atoms with Crippen LogP contribution in [0.15, 0.2) is 70.5 Å². The van der Waals surface area contributed by atoms with Crippen molar-refractivity contribution in [2.24, 2.45) is 0 Å². The van der Waals surface area contributed by atoms with Crippen molar-refractivity contribution in [3.8, 4) is 0 Å². The SMILES string of the molecule is C=C1C=CC(S(=O)(=O)Nc2cc(S(=O)(=O)O)c(N)c3c2C(=O)c2ccccc2C3=O)=CC1. The summed E-state index contributed by atoms with van der Waals surface area (Å²) in [5.74, 6) is -1.49. The highest BCUT2D eigenvalue weighted by atomic mass is 32.2. The third-order valence-corrected chi connectivity index (χ3v) is 7.39. The minimum absolute atomic E-state index is 0.0116. The monoisotopic (exact) mass is 472 g/mol. The van der Waals surface area contributed by atoms with E-state index in [0.717, 1.165) is 6.07 Å². The zero-order valence-corrected chi connectivity index (χ0v) is 18.0. The third-order valence-electron chi connectivity index (χ3n) is 5.08. The minimum Gasteiger partial charge on any atom is -0.397 e. The fraction of sp³-hybridized carbons (Fsp3) is 0.0476. The molecule has 0 saturated carbocycles. The third kappa shape index (κ3) is 3.45. The molecular formula is C21H16N2O7S2. The Morgan fingerprint density at radius 3 is 2.09 bits per heavy atom. The molecule has 0 heterocycles. The van der Waals surface area contributed by atoms with E-state index in [9.17, 15) is 31.0 Å². The van der Waals surface area contributed by atoms with E-state index >= 15 is 0 Å². The van der Waals surface area contributed by atoms with Gasteiger partial charge in [0.25, 0.3) is 20.1 Å². The number of ketones is 2. The van der Waals surface area contributed by atoms with Gasteiger partial charge < -0.3 is 5.73 Å². The quantitative estimate of drug-likeness (QED) is 0.385. The first kappa shape index (κ1) is 21.7. The van der Waals surface area contributed by atoms with Gasteiger partial charge in [0.2, 0.25) is 0 Å². The summed E-state index contributed by atoms with van der Waals surface area (Å²) in [5, 5.41) is 0. The molecule has 9 nitrogen and oxygen atoms in total. The van der Waals surface area contributed by atoms with Gasteiger partial charge in [-0.1, -0.05) is 48.6 Å². The van der Waals surface area contributed by atoms with Crippen LogP contribution in [0.25, 0.3) is 0 Å². The smallest absolute Gasteiger partial charge is 0.296 e. The second kappa shape index (κ2) is 7.26. The predicted molar refractivity (Wildman–Crippen MR) is 117 cm³/mol. The molecule has 0 unspecified atom stereocenters. The molecule has 0 fully saturated rings. The predicted octanol–water partition coefficient (Wildman–Crippen LogP) is 2.43. The standard InChI is InChI=1S/C21H16N2O7S2/c1-11-6-8-12(9-7-11)31(26,27)23-15-10-16(32(28,29)30)19(22)18-17(15)20(24)13-4-2-3-5-14(13)21(18)25/h2-6,8-10,23H,1,7,22H2,(H,28,29,30). The van der Waals surface area contributed by atoms with Gasteiger partial charge in [0.05, 0.1) is 27.4 Å². The van der Waals surface area contributed by atoms with Crippen molar-refractivity contribution in [2.45, 2.75) is 11.3 Å². The van der Waals surface area contributed by atoms with Crippen molar-refractivity contribution in [2.75, 3.05) is 10.5 Å². The van der Waals surface area contributed by atoms with Gasteiger partial charge in [-0.3, -0.25) is 18.9 Å². The first-order chi connectivity index (χ1) is 14.9. The zero-order valence-electron chi connectivity index (χ0n) is 16.3. The summed E-state index contributed by atoms with van der Waals surface area (Å²) < 4.78 is 61.4. The normalized spacial score (nSPS) is 15.8. The Bertz CT molecular complexity index is 1520. The molecule has 4 N–H and O–H groups in total. The number of fused-ring (bicyclic) bond motifs is 2. The van der Waals surface area contributed by atoms with E-state index in [1.165, 1.54) is 42.5 Å². The summed E-state index contributed by atoms with van der Waals surface area (Å²) in [4.78, 5) is 25.3. The Hall–Kier alpha value is -3.54. The largest absolute Gasteiger partial charge is 0.397 e. The van der Waals surface area contributed by atoms with Gasteiger partial charge in [0.15, 0.2) is 11.6 Å². The van der Waals surface area contributed by atoms with Gasteiger partial charge >= 0.3 is 0 Å². The molecular weight excluding hydrogens is 456 g/mol. The lowest BCUT2D eigenvalue weighted by Crippen LogP contribution is -2.27. The Balaban J connectivity index is 1.98. The number of nitrogens with two attached hydrogens (primary N) is 1. The maximum atomic E-state index is 13.2. The van der Waals surface area contributed by atoms with Crippen LogP contribution in [-0.2, 0) is 20.1 Å². The number of rotatable bonds is 4. The molecule has 0 aromatic heterocycles. The molecule has 0 bridgehead atoms. The molecule has 0 aliphatic heterocycles. The molecule has 32 heavy (non-hydrogen) atoms. The number of allylic oxidation sites excluding steroid dienone is 4. The maximum Gasteiger partial charge on any atom is 0.296 e. The van der Waals surface area contributed by atoms with Gasteiger partial charge in [0, 0.05) is 11.1 Å². The van der Waals surface area contributed by atoms with Crippen LogP contribution in [0.5, 0.6) is 0 Å². The van der Waals surface area contributed by atoms with E-state index in [0.29, 0.717) is 5.57 Å². The van der Waals surface area contributed by atoms with Crippen molar-refractivity contribution in [1.82, 2.24) is 0 Å². The molecule has 2 aliphatic carbocycles. The second-order valence-corrected chi connectivity index (χ2v) is 10.2. The van der Waals surface area contributed by atoms with Crippen molar-refractivity contribution < 1.29 is 31.0 Å². The van der Waals surface area contributed by atoms with Crippen LogP contribution in [0, 0.1) is 0 Å². The number of sulfonamides is 1. The van der Waals surface area contributed by atoms with Crippen LogP contribution < -0.4 is 10.5 Å². The van der Waals surface area contributed by atoms with Crippen LogP contribution in [0.2, 0.25) is 0 Å². The van der Waals surface area contributed by atoms with Crippen molar-refractivity contribution >= 4 is 43.1 Å². The summed E-state index contributed by atoms with van der Waals surface area (Å²) in [5.41, 5.74) is 4.51. The lowest BCUT2D eigenvalue weighted by Gasteiger charge is -2.23. The molecule has 4 rings (SSSR count). The maximum absolute atomic E-state index is 13.2. The minimum atomic E-state index is -4.96. The molecule has 0 spiro atoms. The number of anilines is 2. The van der Waals surface area contributed by atoms with Gasteiger partial charge in [-0.2, -0.15) is 8.42 Å². The first-order valence-corrected chi connectivity index (χ1v) is 12.1. The van der Waals surface area contributed by atoms with Crippen LogP contribution in [0.3, 0.4) is 0 Å². The molecule has 164 valence electrons. The van der Waals surface area contributed by atoms with E-state index in [-0.39, 0.29) is 22.5 Å². The molecule has 11 heteroatoms. The van der Waals surface area contributed by atoms with Gasteiger partial charge in [0.1, 0.15) is 4.90 Å². The van der Waals surface area contributed by atoms with E-state index in [2.05, 4.69) is 11.3 Å². The Labute approximate surface area is 183 Å². The summed E-state index contributed by atoms with van der Waals surface area (Å²) in [6, 6.07) is 6.52. The lowest BCUT2D eigenvalue weighted by atomic mass is 9.82. The van der Waals surface area contributed by atoms with Crippen molar-refractivity contribution in [3.63, 3.8) is 0 Å². The Morgan fingerprint density at radius 1 is 0.969 bits per heavy atom. The summed E-state index contributed by atoms with van der Waals surface area (Å²) in [7, 11) is -9.24. The van der Waals surface area contributed by atoms with E-state index in [4.69, 9.17) is 5.73 Å². The van der Waals surface area contributed by atoms with Crippen LogP contribution >= 0.6 is 0 Å². The number of nitrogen functional groups attached to an aromatic ring is 1. The molecule has 2 aromatic carbocycles. The van der Waals surface area contributed by atoms with E-state index in [1.807, 2.05) is 0 Å². The summed E-state index contributed by atoms with van der Waals surface area (Å²) >= 11 is 0. The van der Waals surface area contributed by atoms with Crippen molar-refractivity contribution in [1.29, 1.82) is 0 Å². The van der Waals surface area contributed by atoms with E-state index in [1.54, 1.807) is 0 Å². The fourth-order valence-electron chi connectivity index (χ4n) is 3.56. The molecule has 0 amide bonds. The van der Waals surface area contributed by atoms with Gasteiger partial charge in [-0.05, 0) is 18.6 Å². The van der Waals surface area contributed by atoms with Crippen LogP contribution in [-0.4, -0.2) is 33.0 Å². The van der Waals surface area contributed by atoms with Crippen LogP contribution in [0.4, 0.5) is 11.4 Å². The average Bonchev–Trinajstić information content (AvgIpc) is 2.72. The Kier molecular flexibility index (Phi) is 4.92. The zero-order chi connectivity index (χ0) is 23.4. The number of carbonyl (C=O) groups excluding carboxylic acids is 2. The highest BCUT2D eigenvalue weighted by molar-refractivity contribution is 7.96. The number of nitrogens with one attached hydrogen (secondary N) is 1. The number of hydrogen-bond donors (Lipinski definition) is 3. The number of hydrogen-bond acceptors (Lipinski definition) is 7. The van der Waals surface area contributed by atoms with Gasteiger partial charge in [-0.25, -0.2) is 8.42 Å². The Morgan fingerprint density at radius 2 is 1.56 bits per heavy atom. The fourth-order valence-corrected chi connectivity index (χ4v) is 5.32. The number of benzene rings is 2.